The Morgan fingerprint density at radius 1 is 1.32 bits per heavy atom. The smallest absolute Gasteiger partial charge is 0.349 e. The summed E-state index contributed by atoms with van der Waals surface area (Å²) in [5, 5.41) is 1.45. The molecular formula is C14H10ClN3O. The van der Waals surface area contributed by atoms with E-state index >= 15 is 0 Å². The lowest BCUT2D eigenvalue weighted by Crippen LogP contribution is -2.28. The van der Waals surface area contributed by atoms with E-state index in [1.807, 2.05) is 18.2 Å². The maximum Gasteiger partial charge on any atom is 0.349 e. The topological polar surface area (TPSA) is 50.7 Å². The monoisotopic (exact) mass is 271 g/mol. The largest absolute Gasteiger partial charge is 0.353 e. The van der Waals surface area contributed by atoms with Gasteiger partial charge in [-0.2, -0.15) is 4.98 Å². The van der Waals surface area contributed by atoms with Crippen molar-refractivity contribution < 1.29 is 0 Å². The van der Waals surface area contributed by atoms with E-state index in [0.717, 1.165) is 23.3 Å². The van der Waals surface area contributed by atoms with Crippen molar-refractivity contribution in [1.82, 2.24) is 14.5 Å². The van der Waals surface area contributed by atoms with E-state index in [1.54, 1.807) is 10.6 Å². The van der Waals surface area contributed by atoms with E-state index in [9.17, 15) is 4.79 Å². The lowest BCUT2D eigenvalue weighted by molar-refractivity contribution is 0.641. The highest BCUT2D eigenvalue weighted by Gasteiger charge is 2.21. The summed E-state index contributed by atoms with van der Waals surface area (Å²) in [6.45, 7) is 0.646. The van der Waals surface area contributed by atoms with Gasteiger partial charge in [0.2, 0.25) is 0 Å². The molecule has 1 aliphatic heterocycles. The van der Waals surface area contributed by atoms with E-state index in [0.29, 0.717) is 6.54 Å². The molecule has 3 aromatic rings. The molecule has 4 rings (SSSR count). The van der Waals surface area contributed by atoms with Crippen LogP contribution in [0.4, 0.5) is 0 Å². The number of rotatable bonds is 0. The van der Waals surface area contributed by atoms with Gasteiger partial charge < -0.3 is 4.98 Å². The first kappa shape index (κ1) is 10.8. The zero-order valence-electron chi connectivity index (χ0n) is 9.98. The van der Waals surface area contributed by atoms with Crippen LogP contribution in [0.25, 0.3) is 22.3 Å². The fourth-order valence-corrected chi connectivity index (χ4v) is 2.98. The van der Waals surface area contributed by atoms with Gasteiger partial charge in [-0.3, -0.25) is 4.57 Å². The molecule has 1 aromatic carbocycles. The van der Waals surface area contributed by atoms with Gasteiger partial charge in [0.05, 0.1) is 11.4 Å². The number of nitrogens with one attached hydrogen (secondary N) is 1. The number of aromatic amines is 1. The number of nitrogens with zero attached hydrogens (tertiary/aromatic N) is 2. The second-order valence-electron chi connectivity index (χ2n) is 4.67. The summed E-state index contributed by atoms with van der Waals surface area (Å²) in [6, 6.07) is 9.91. The van der Waals surface area contributed by atoms with E-state index in [-0.39, 0.29) is 10.8 Å². The molecule has 1 aliphatic rings. The highest BCUT2D eigenvalue weighted by molar-refractivity contribution is 6.29. The second-order valence-corrected chi connectivity index (χ2v) is 5.06. The average molecular weight is 272 g/mol. The second kappa shape index (κ2) is 3.71. The van der Waals surface area contributed by atoms with Gasteiger partial charge in [-0.05, 0) is 18.1 Å². The number of benzene rings is 1. The van der Waals surface area contributed by atoms with Crippen molar-refractivity contribution in [3.05, 3.63) is 51.5 Å². The number of halogens is 1. The molecule has 94 valence electrons. The minimum absolute atomic E-state index is 0.239. The summed E-state index contributed by atoms with van der Waals surface area (Å²) in [7, 11) is 0. The average Bonchev–Trinajstić information content (AvgIpc) is 2.77. The molecule has 1 N–H and O–H groups in total. The number of aryl methyl sites for hydroxylation is 1. The number of aromatic nitrogens is 3. The number of hydrogen-bond acceptors (Lipinski definition) is 2. The quantitative estimate of drug-likeness (QED) is 0.639. The van der Waals surface area contributed by atoms with Gasteiger partial charge in [0.25, 0.3) is 0 Å². The van der Waals surface area contributed by atoms with Crippen molar-refractivity contribution in [1.29, 1.82) is 0 Å². The van der Waals surface area contributed by atoms with Crippen LogP contribution in [0.2, 0.25) is 5.15 Å². The van der Waals surface area contributed by atoms with Gasteiger partial charge in [0.1, 0.15) is 5.15 Å². The van der Waals surface area contributed by atoms with Gasteiger partial charge in [0, 0.05) is 23.5 Å². The molecule has 4 nitrogen and oxygen atoms in total. The minimum atomic E-state index is -0.285. The molecular weight excluding hydrogens is 262 g/mol. The van der Waals surface area contributed by atoms with E-state index in [2.05, 4.69) is 16.0 Å². The van der Waals surface area contributed by atoms with Crippen molar-refractivity contribution in [3.8, 4) is 11.4 Å². The first-order chi connectivity index (χ1) is 9.24. The Kier molecular flexibility index (Phi) is 2.11. The van der Waals surface area contributed by atoms with Crippen molar-refractivity contribution in [2.75, 3.05) is 0 Å². The Morgan fingerprint density at radius 2 is 2.16 bits per heavy atom. The number of para-hydroxylation sites is 1. The summed E-state index contributed by atoms with van der Waals surface area (Å²) in [5.74, 6) is 0. The van der Waals surface area contributed by atoms with Crippen molar-refractivity contribution in [2.24, 2.45) is 0 Å². The standard InChI is InChI=1S/C14H10ClN3O/c15-12-7-11-13-9(5-6-18(11)14(19)17-12)8-3-1-2-4-10(8)16-13/h1-4,7,16H,5-6H2. The first-order valence-electron chi connectivity index (χ1n) is 6.11. The SMILES string of the molecule is O=c1nc(Cl)cc2n1CCc1c-2[nH]c2ccccc12. The van der Waals surface area contributed by atoms with Crippen LogP contribution in [0.15, 0.2) is 35.1 Å². The van der Waals surface area contributed by atoms with E-state index in [4.69, 9.17) is 11.6 Å². The molecule has 0 aliphatic carbocycles. The predicted octanol–water partition coefficient (Wildman–Crippen LogP) is 2.60. The van der Waals surface area contributed by atoms with Crippen LogP contribution in [0.3, 0.4) is 0 Å². The number of hydrogen-bond donors (Lipinski definition) is 1. The molecule has 0 spiro atoms. The van der Waals surface area contributed by atoms with Gasteiger partial charge in [-0.15, -0.1) is 0 Å². The third-order valence-corrected chi connectivity index (χ3v) is 3.83. The van der Waals surface area contributed by atoms with Crippen LogP contribution in [-0.4, -0.2) is 14.5 Å². The molecule has 5 heteroatoms. The molecule has 0 fully saturated rings. The zero-order valence-corrected chi connectivity index (χ0v) is 10.7. The maximum atomic E-state index is 11.9. The van der Waals surface area contributed by atoms with Gasteiger partial charge in [0.15, 0.2) is 0 Å². The lowest BCUT2D eigenvalue weighted by atomic mass is 10.0. The summed E-state index contributed by atoms with van der Waals surface area (Å²) in [4.78, 5) is 19.0. The predicted molar refractivity (Wildman–Crippen MR) is 74.5 cm³/mol. The Hall–Kier alpha value is -2.07. The lowest BCUT2D eigenvalue weighted by Gasteiger charge is -2.18. The summed E-state index contributed by atoms with van der Waals surface area (Å²) < 4.78 is 1.67. The highest BCUT2D eigenvalue weighted by atomic mass is 35.5. The van der Waals surface area contributed by atoms with Crippen molar-refractivity contribution >= 4 is 22.5 Å². The van der Waals surface area contributed by atoms with E-state index < -0.39 is 0 Å². The maximum absolute atomic E-state index is 11.9. The van der Waals surface area contributed by atoms with E-state index in [1.165, 1.54) is 10.9 Å². The molecule has 0 bridgehead atoms. The van der Waals surface area contributed by atoms with Crippen LogP contribution in [0.5, 0.6) is 0 Å². The molecule has 0 unspecified atom stereocenters. The molecule has 0 atom stereocenters. The zero-order chi connectivity index (χ0) is 13.0. The molecule has 2 aromatic heterocycles. The molecule has 0 radical (unpaired) electrons. The highest BCUT2D eigenvalue weighted by Crippen LogP contribution is 2.33. The Labute approximate surface area is 113 Å². The van der Waals surface area contributed by atoms with Crippen LogP contribution in [0.1, 0.15) is 5.56 Å². The molecule has 0 saturated heterocycles. The fourth-order valence-electron chi connectivity index (χ4n) is 2.80. The third kappa shape index (κ3) is 1.47. The molecule has 0 saturated carbocycles. The Balaban J connectivity index is 2.12. The summed E-state index contributed by atoms with van der Waals surface area (Å²) in [5.41, 5.74) is 3.85. The third-order valence-electron chi connectivity index (χ3n) is 3.64. The van der Waals surface area contributed by atoms with Crippen LogP contribution < -0.4 is 5.69 Å². The normalized spacial score (nSPS) is 13.3. The number of H-pyrrole nitrogens is 1. The molecule has 19 heavy (non-hydrogen) atoms. The number of fused-ring (bicyclic) bond motifs is 5. The van der Waals surface area contributed by atoms with Gasteiger partial charge >= 0.3 is 5.69 Å². The Bertz CT molecular complexity index is 863. The molecule has 0 amide bonds. The fraction of sp³-hybridized carbons (Fsp3) is 0.143. The van der Waals surface area contributed by atoms with Crippen molar-refractivity contribution in [2.45, 2.75) is 13.0 Å². The van der Waals surface area contributed by atoms with Crippen LogP contribution >= 0.6 is 11.6 Å². The van der Waals surface area contributed by atoms with Gasteiger partial charge in [-0.25, -0.2) is 4.79 Å². The first-order valence-corrected chi connectivity index (χ1v) is 6.49. The molecule has 3 heterocycles. The van der Waals surface area contributed by atoms with Crippen LogP contribution in [0, 0.1) is 0 Å². The Morgan fingerprint density at radius 3 is 3.05 bits per heavy atom. The van der Waals surface area contributed by atoms with Crippen molar-refractivity contribution in [3.63, 3.8) is 0 Å². The minimum Gasteiger partial charge on any atom is -0.353 e. The van der Waals surface area contributed by atoms with Crippen LogP contribution in [-0.2, 0) is 13.0 Å². The summed E-state index contributed by atoms with van der Waals surface area (Å²) in [6.07, 6.45) is 0.829. The van der Waals surface area contributed by atoms with Gasteiger partial charge in [-0.1, -0.05) is 29.8 Å². The summed E-state index contributed by atoms with van der Waals surface area (Å²) >= 11 is 5.91.